The molecule has 1 fully saturated rings. The minimum absolute atomic E-state index is 0.155. The molecule has 0 bridgehead atoms. The van der Waals surface area contributed by atoms with E-state index in [0.29, 0.717) is 11.7 Å². The van der Waals surface area contributed by atoms with Crippen LogP contribution in [0.15, 0.2) is 24.3 Å². The summed E-state index contributed by atoms with van der Waals surface area (Å²) in [7, 11) is 0. The zero-order chi connectivity index (χ0) is 10.7. The normalized spacial score (nSPS) is 18.3. The molecule has 1 saturated carbocycles. The lowest BCUT2D eigenvalue weighted by molar-refractivity contribution is 0.285. The molecule has 0 saturated heterocycles. The first kappa shape index (κ1) is 10.5. The Morgan fingerprint density at radius 3 is 2.73 bits per heavy atom. The van der Waals surface area contributed by atoms with E-state index in [4.69, 9.17) is 0 Å². The largest absolute Gasteiger partial charge is 0.380 e. The Hall–Kier alpha value is -1.05. The molecule has 0 heterocycles. The van der Waals surface area contributed by atoms with Gasteiger partial charge in [0, 0.05) is 6.04 Å². The Labute approximate surface area is 90.7 Å². The maximum absolute atomic E-state index is 13.3. The van der Waals surface area contributed by atoms with Crippen molar-refractivity contribution in [2.45, 2.75) is 38.6 Å². The second kappa shape index (κ2) is 4.65. The highest BCUT2D eigenvalue weighted by Gasteiger charge is 2.20. The number of para-hydroxylation sites is 1. The van der Waals surface area contributed by atoms with Crippen molar-refractivity contribution in [3.8, 4) is 0 Å². The third-order valence-electron chi connectivity index (χ3n) is 3.19. The number of rotatable bonds is 4. The van der Waals surface area contributed by atoms with Gasteiger partial charge in [-0.3, -0.25) is 0 Å². The highest BCUT2D eigenvalue weighted by molar-refractivity contribution is 5.44. The Morgan fingerprint density at radius 1 is 1.40 bits per heavy atom. The predicted octanol–water partition coefficient (Wildman–Crippen LogP) is 3.82. The first-order valence-electron chi connectivity index (χ1n) is 5.77. The molecule has 1 aromatic carbocycles. The van der Waals surface area contributed by atoms with Crippen molar-refractivity contribution < 1.29 is 4.39 Å². The van der Waals surface area contributed by atoms with Crippen molar-refractivity contribution in [2.75, 3.05) is 5.32 Å². The van der Waals surface area contributed by atoms with E-state index in [-0.39, 0.29) is 5.82 Å². The molecule has 82 valence electrons. The molecule has 15 heavy (non-hydrogen) atoms. The van der Waals surface area contributed by atoms with Gasteiger partial charge in [-0.05, 0) is 31.4 Å². The fourth-order valence-electron chi connectivity index (χ4n) is 2.13. The summed E-state index contributed by atoms with van der Waals surface area (Å²) < 4.78 is 13.3. The first-order chi connectivity index (χ1) is 7.25. The summed E-state index contributed by atoms with van der Waals surface area (Å²) in [6.07, 6.45) is 5.23. The van der Waals surface area contributed by atoms with Crippen LogP contribution in [0.3, 0.4) is 0 Å². The molecule has 1 atom stereocenters. The molecule has 0 radical (unpaired) electrons. The average molecular weight is 207 g/mol. The number of anilines is 1. The maximum Gasteiger partial charge on any atom is 0.146 e. The van der Waals surface area contributed by atoms with Crippen LogP contribution in [0.2, 0.25) is 0 Å². The summed E-state index contributed by atoms with van der Waals surface area (Å²) in [5.74, 6) is 0.706. The lowest BCUT2D eigenvalue weighted by Crippen LogP contribution is -2.23. The summed E-state index contributed by atoms with van der Waals surface area (Å²) in [6, 6.07) is 7.25. The van der Waals surface area contributed by atoms with Crippen molar-refractivity contribution in [1.82, 2.24) is 0 Å². The minimum atomic E-state index is -0.155. The van der Waals surface area contributed by atoms with Crippen LogP contribution in [-0.2, 0) is 0 Å². The standard InChI is InChI=1S/C13H18FN/c1-10(9-11-5-4-6-11)15-13-8-3-2-7-12(13)14/h2-3,7-8,10-11,15H,4-6,9H2,1H3. The van der Waals surface area contributed by atoms with Crippen LogP contribution in [0.25, 0.3) is 0 Å². The van der Waals surface area contributed by atoms with Gasteiger partial charge in [0.2, 0.25) is 0 Å². The molecule has 0 amide bonds. The lowest BCUT2D eigenvalue weighted by atomic mass is 9.81. The van der Waals surface area contributed by atoms with Crippen LogP contribution in [-0.4, -0.2) is 6.04 Å². The van der Waals surface area contributed by atoms with E-state index in [1.807, 2.05) is 6.07 Å². The third-order valence-corrected chi connectivity index (χ3v) is 3.19. The Bertz CT molecular complexity index is 320. The number of nitrogens with one attached hydrogen (secondary N) is 1. The molecule has 0 aliphatic heterocycles. The topological polar surface area (TPSA) is 12.0 Å². The van der Waals surface area contributed by atoms with Gasteiger partial charge in [-0.1, -0.05) is 31.4 Å². The molecule has 2 heteroatoms. The van der Waals surface area contributed by atoms with E-state index < -0.39 is 0 Å². The van der Waals surface area contributed by atoms with Crippen molar-refractivity contribution in [1.29, 1.82) is 0 Å². The van der Waals surface area contributed by atoms with Gasteiger partial charge < -0.3 is 5.32 Å². The molecular weight excluding hydrogens is 189 g/mol. The van der Waals surface area contributed by atoms with Crippen LogP contribution in [0, 0.1) is 11.7 Å². The van der Waals surface area contributed by atoms with Gasteiger partial charge >= 0.3 is 0 Å². The quantitative estimate of drug-likeness (QED) is 0.791. The maximum atomic E-state index is 13.3. The van der Waals surface area contributed by atoms with Gasteiger partial charge in [-0.15, -0.1) is 0 Å². The number of halogens is 1. The summed E-state index contributed by atoms with van der Waals surface area (Å²) >= 11 is 0. The van der Waals surface area contributed by atoms with Gasteiger partial charge in [0.15, 0.2) is 0 Å². The van der Waals surface area contributed by atoms with Gasteiger partial charge in [-0.25, -0.2) is 4.39 Å². The highest BCUT2D eigenvalue weighted by atomic mass is 19.1. The van der Waals surface area contributed by atoms with E-state index in [1.54, 1.807) is 12.1 Å². The van der Waals surface area contributed by atoms with Crippen LogP contribution >= 0.6 is 0 Å². The SMILES string of the molecule is CC(CC1CCC1)Nc1ccccc1F. The molecule has 1 unspecified atom stereocenters. The van der Waals surface area contributed by atoms with E-state index >= 15 is 0 Å². The van der Waals surface area contributed by atoms with Crippen molar-refractivity contribution in [3.63, 3.8) is 0 Å². The minimum Gasteiger partial charge on any atom is -0.380 e. The predicted molar refractivity (Wildman–Crippen MR) is 61.4 cm³/mol. The van der Waals surface area contributed by atoms with E-state index in [2.05, 4.69) is 12.2 Å². The van der Waals surface area contributed by atoms with Crippen molar-refractivity contribution in [3.05, 3.63) is 30.1 Å². The van der Waals surface area contributed by atoms with Gasteiger partial charge in [0.1, 0.15) is 5.82 Å². The first-order valence-corrected chi connectivity index (χ1v) is 5.77. The Kier molecular flexibility index (Phi) is 3.24. The van der Waals surface area contributed by atoms with E-state index in [9.17, 15) is 4.39 Å². The van der Waals surface area contributed by atoms with Crippen molar-refractivity contribution >= 4 is 5.69 Å². The molecule has 2 rings (SSSR count). The van der Waals surface area contributed by atoms with E-state index in [1.165, 1.54) is 25.3 Å². The molecular formula is C13H18FN. The van der Waals surface area contributed by atoms with E-state index in [0.717, 1.165) is 12.3 Å². The third kappa shape index (κ3) is 2.71. The van der Waals surface area contributed by atoms with Crippen LogP contribution < -0.4 is 5.32 Å². The van der Waals surface area contributed by atoms with Crippen molar-refractivity contribution in [2.24, 2.45) is 5.92 Å². The molecule has 1 N–H and O–H groups in total. The summed E-state index contributed by atoms with van der Waals surface area (Å²) in [5.41, 5.74) is 0.629. The van der Waals surface area contributed by atoms with Crippen LogP contribution in [0.5, 0.6) is 0 Å². The van der Waals surface area contributed by atoms with Gasteiger partial charge in [-0.2, -0.15) is 0 Å². The number of hydrogen-bond acceptors (Lipinski definition) is 1. The number of hydrogen-bond donors (Lipinski definition) is 1. The van der Waals surface area contributed by atoms with Gasteiger partial charge in [0.05, 0.1) is 5.69 Å². The monoisotopic (exact) mass is 207 g/mol. The fourth-order valence-corrected chi connectivity index (χ4v) is 2.13. The molecule has 1 aliphatic carbocycles. The Balaban J connectivity index is 1.87. The smallest absolute Gasteiger partial charge is 0.146 e. The summed E-state index contributed by atoms with van der Waals surface area (Å²) in [6.45, 7) is 2.13. The molecule has 1 aliphatic rings. The van der Waals surface area contributed by atoms with Gasteiger partial charge in [0.25, 0.3) is 0 Å². The second-order valence-electron chi connectivity index (χ2n) is 4.56. The highest BCUT2D eigenvalue weighted by Crippen LogP contribution is 2.31. The van der Waals surface area contributed by atoms with Crippen LogP contribution in [0.4, 0.5) is 10.1 Å². The zero-order valence-corrected chi connectivity index (χ0v) is 9.17. The van der Waals surface area contributed by atoms with Crippen LogP contribution in [0.1, 0.15) is 32.6 Å². The fraction of sp³-hybridized carbons (Fsp3) is 0.538. The zero-order valence-electron chi connectivity index (χ0n) is 9.17. The molecule has 1 aromatic rings. The second-order valence-corrected chi connectivity index (χ2v) is 4.56. The summed E-state index contributed by atoms with van der Waals surface area (Å²) in [5, 5.41) is 3.23. The lowest BCUT2D eigenvalue weighted by Gasteiger charge is -2.28. The molecule has 0 aromatic heterocycles. The molecule has 1 nitrogen and oxygen atoms in total. The Morgan fingerprint density at radius 2 is 2.13 bits per heavy atom. The number of benzene rings is 1. The molecule has 0 spiro atoms. The average Bonchev–Trinajstić information content (AvgIpc) is 2.16. The summed E-state index contributed by atoms with van der Waals surface area (Å²) in [4.78, 5) is 0.